The van der Waals surface area contributed by atoms with Gasteiger partial charge in [-0.25, -0.2) is 0 Å². The summed E-state index contributed by atoms with van der Waals surface area (Å²) in [6.07, 6.45) is 0.847. The lowest BCUT2D eigenvalue weighted by Gasteiger charge is -2.15. The first-order valence-electron chi connectivity index (χ1n) is 5.36. The Bertz CT molecular complexity index is 509. The van der Waals surface area contributed by atoms with E-state index in [0.29, 0.717) is 18.1 Å². The normalized spacial score (nSPS) is 19.0. The summed E-state index contributed by atoms with van der Waals surface area (Å²) >= 11 is 9.23. The standard InChI is InChI=1S/C11H10BrClN2O3/c12-7-3-4-14(6-7)11(16)9-5-8(13)1-2-10(9)15(17)18/h1-2,5,7H,3-4,6H2. The summed E-state index contributed by atoms with van der Waals surface area (Å²) in [5.41, 5.74) is -0.156. The van der Waals surface area contributed by atoms with Crippen LogP contribution in [0, 0.1) is 10.1 Å². The summed E-state index contributed by atoms with van der Waals surface area (Å²) in [4.78, 5) is 24.4. The van der Waals surface area contributed by atoms with E-state index in [0.717, 1.165) is 6.42 Å². The molecule has 1 aromatic carbocycles. The summed E-state index contributed by atoms with van der Waals surface area (Å²) in [6.45, 7) is 1.15. The van der Waals surface area contributed by atoms with Crippen LogP contribution in [0.2, 0.25) is 5.02 Å². The van der Waals surface area contributed by atoms with Crippen LogP contribution in [0.4, 0.5) is 5.69 Å². The van der Waals surface area contributed by atoms with Gasteiger partial charge in [-0.1, -0.05) is 27.5 Å². The second-order valence-electron chi connectivity index (χ2n) is 4.06. The van der Waals surface area contributed by atoms with Crippen LogP contribution in [0.15, 0.2) is 18.2 Å². The van der Waals surface area contributed by atoms with Crippen LogP contribution in [0.1, 0.15) is 16.8 Å². The van der Waals surface area contributed by atoms with Crippen molar-refractivity contribution in [3.05, 3.63) is 38.9 Å². The smallest absolute Gasteiger partial charge is 0.282 e. The van der Waals surface area contributed by atoms with Gasteiger partial charge in [0.15, 0.2) is 0 Å². The number of alkyl halides is 1. The van der Waals surface area contributed by atoms with E-state index in [1.807, 2.05) is 0 Å². The number of nitro benzene ring substituents is 1. The molecule has 1 fully saturated rings. The van der Waals surface area contributed by atoms with Crippen molar-refractivity contribution in [3.63, 3.8) is 0 Å². The molecule has 18 heavy (non-hydrogen) atoms. The molecule has 1 atom stereocenters. The molecule has 1 amide bonds. The van der Waals surface area contributed by atoms with Gasteiger partial charge in [0.25, 0.3) is 11.6 Å². The van der Waals surface area contributed by atoms with Crippen molar-refractivity contribution in [1.82, 2.24) is 4.90 Å². The van der Waals surface area contributed by atoms with Gasteiger partial charge in [0.05, 0.1) is 4.92 Å². The Kier molecular flexibility index (Phi) is 3.87. The molecular formula is C11H10BrClN2O3. The van der Waals surface area contributed by atoms with Crippen LogP contribution in [-0.2, 0) is 0 Å². The van der Waals surface area contributed by atoms with E-state index in [1.165, 1.54) is 18.2 Å². The van der Waals surface area contributed by atoms with Crippen molar-refractivity contribution in [2.75, 3.05) is 13.1 Å². The third-order valence-electron chi connectivity index (χ3n) is 2.80. The predicted octanol–water partition coefficient (Wildman–Crippen LogP) is 2.86. The first-order valence-corrected chi connectivity index (χ1v) is 6.65. The van der Waals surface area contributed by atoms with Crippen molar-refractivity contribution in [3.8, 4) is 0 Å². The molecule has 0 aromatic heterocycles. The van der Waals surface area contributed by atoms with E-state index in [-0.39, 0.29) is 22.0 Å². The molecule has 1 saturated heterocycles. The fraction of sp³-hybridized carbons (Fsp3) is 0.364. The maximum absolute atomic E-state index is 12.2. The fourth-order valence-electron chi connectivity index (χ4n) is 1.91. The average Bonchev–Trinajstić information content (AvgIpc) is 2.74. The Morgan fingerprint density at radius 1 is 1.56 bits per heavy atom. The molecule has 1 heterocycles. The van der Waals surface area contributed by atoms with Gasteiger partial charge in [-0.2, -0.15) is 0 Å². The van der Waals surface area contributed by atoms with E-state index >= 15 is 0 Å². The molecule has 0 N–H and O–H groups in total. The van der Waals surface area contributed by atoms with Crippen molar-refractivity contribution in [2.45, 2.75) is 11.2 Å². The van der Waals surface area contributed by atoms with Crippen LogP contribution in [0.3, 0.4) is 0 Å². The minimum absolute atomic E-state index is 0.0501. The molecule has 5 nitrogen and oxygen atoms in total. The molecule has 0 radical (unpaired) electrons. The van der Waals surface area contributed by atoms with Gasteiger partial charge in [-0.05, 0) is 18.6 Å². The quantitative estimate of drug-likeness (QED) is 0.475. The zero-order chi connectivity index (χ0) is 13.3. The highest BCUT2D eigenvalue weighted by atomic mass is 79.9. The minimum atomic E-state index is -0.564. The topological polar surface area (TPSA) is 63.4 Å². The van der Waals surface area contributed by atoms with Crippen LogP contribution in [0.25, 0.3) is 0 Å². The Morgan fingerprint density at radius 2 is 2.28 bits per heavy atom. The molecule has 0 saturated carbocycles. The molecule has 1 aromatic rings. The van der Waals surface area contributed by atoms with Gasteiger partial charge in [0.1, 0.15) is 5.56 Å². The molecular weight excluding hydrogens is 323 g/mol. The fourth-order valence-corrected chi connectivity index (χ4v) is 2.64. The third kappa shape index (κ3) is 2.64. The number of likely N-dealkylation sites (tertiary alicyclic amines) is 1. The number of hydrogen-bond acceptors (Lipinski definition) is 3. The summed E-state index contributed by atoms with van der Waals surface area (Å²) < 4.78 is 0. The van der Waals surface area contributed by atoms with Crippen LogP contribution in [-0.4, -0.2) is 33.6 Å². The Morgan fingerprint density at radius 3 is 2.83 bits per heavy atom. The average molecular weight is 334 g/mol. The third-order valence-corrected chi connectivity index (χ3v) is 3.79. The SMILES string of the molecule is O=C(c1cc(Cl)ccc1[N+](=O)[O-])N1CCC(Br)C1. The second-order valence-corrected chi connectivity index (χ2v) is 5.79. The molecule has 0 bridgehead atoms. The van der Waals surface area contributed by atoms with E-state index < -0.39 is 4.92 Å². The Balaban J connectivity index is 2.34. The molecule has 1 unspecified atom stereocenters. The molecule has 2 rings (SSSR count). The largest absolute Gasteiger partial charge is 0.337 e. The summed E-state index contributed by atoms with van der Waals surface area (Å²) in [6, 6.07) is 4.02. The van der Waals surface area contributed by atoms with Crippen molar-refractivity contribution < 1.29 is 9.72 Å². The number of benzene rings is 1. The lowest BCUT2D eigenvalue weighted by molar-refractivity contribution is -0.385. The second kappa shape index (κ2) is 5.24. The Hall–Kier alpha value is -1.14. The highest BCUT2D eigenvalue weighted by molar-refractivity contribution is 9.09. The first-order chi connectivity index (χ1) is 8.49. The number of hydrogen-bond donors (Lipinski definition) is 0. The molecule has 1 aliphatic rings. The maximum atomic E-state index is 12.2. The van der Waals surface area contributed by atoms with Crippen LogP contribution in [0.5, 0.6) is 0 Å². The zero-order valence-corrected chi connectivity index (χ0v) is 11.6. The highest BCUT2D eigenvalue weighted by Gasteiger charge is 2.29. The lowest BCUT2D eigenvalue weighted by atomic mass is 10.1. The minimum Gasteiger partial charge on any atom is -0.337 e. The van der Waals surface area contributed by atoms with Gasteiger partial charge in [0.2, 0.25) is 0 Å². The molecule has 96 valence electrons. The van der Waals surface area contributed by atoms with Crippen molar-refractivity contribution >= 4 is 39.1 Å². The number of nitro groups is 1. The molecule has 7 heteroatoms. The van der Waals surface area contributed by atoms with Crippen molar-refractivity contribution in [2.24, 2.45) is 0 Å². The first kappa shape index (κ1) is 13.3. The Labute approximate surface area is 117 Å². The maximum Gasteiger partial charge on any atom is 0.282 e. The zero-order valence-electron chi connectivity index (χ0n) is 9.31. The van der Waals surface area contributed by atoms with Gasteiger partial charge in [-0.15, -0.1) is 0 Å². The summed E-state index contributed by atoms with van der Waals surface area (Å²) in [5.74, 6) is -0.342. The van der Waals surface area contributed by atoms with Crippen LogP contribution < -0.4 is 0 Å². The summed E-state index contributed by atoms with van der Waals surface area (Å²) in [7, 11) is 0. The van der Waals surface area contributed by atoms with Gasteiger partial charge in [0, 0.05) is 29.0 Å². The predicted molar refractivity (Wildman–Crippen MR) is 71.3 cm³/mol. The van der Waals surface area contributed by atoms with Crippen molar-refractivity contribution in [1.29, 1.82) is 0 Å². The molecule has 0 aliphatic carbocycles. The number of halogens is 2. The highest BCUT2D eigenvalue weighted by Crippen LogP contribution is 2.26. The molecule has 1 aliphatic heterocycles. The number of carbonyl (C=O) groups excluding carboxylic acids is 1. The van der Waals surface area contributed by atoms with Crippen LogP contribution >= 0.6 is 27.5 Å². The number of rotatable bonds is 2. The van der Waals surface area contributed by atoms with E-state index in [9.17, 15) is 14.9 Å². The van der Waals surface area contributed by atoms with E-state index in [2.05, 4.69) is 15.9 Å². The number of nitrogens with zero attached hydrogens (tertiary/aromatic N) is 2. The monoisotopic (exact) mass is 332 g/mol. The van der Waals surface area contributed by atoms with E-state index in [4.69, 9.17) is 11.6 Å². The lowest BCUT2D eigenvalue weighted by Crippen LogP contribution is -2.29. The number of carbonyl (C=O) groups is 1. The van der Waals surface area contributed by atoms with E-state index in [1.54, 1.807) is 4.90 Å². The summed E-state index contributed by atoms with van der Waals surface area (Å²) in [5, 5.41) is 11.2. The molecule has 0 spiro atoms. The number of amides is 1. The van der Waals surface area contributed by atoms with Gasteiger partial charge >= 0.3 is 0 Å². The van der Waals surface area contributed by atoms with Gasteiger partial charge < -0.3 is 4.90 Å². The van der Waals surface area contributed by atoms with Gasteiger partial charge in [-0.3, -0.25) is 14.9 Å².